The van der Waals surface area contributed by atoms with Gasteiger partial charge in [-0.2, -0.15) is 5.06 Å². The predicted octanol–water partition coefficient (Wildman–Crippen LogP) is 1.55. The summed E-state index contributed by atoms with van der Waals surface area (Å²) < 4.78 is 0. The highest BCUT2D eigenvalue weighted by atomic mass is 35.5. The Hall–Kier alpha value is -0.610. The predicted molar refractivity (Wildman–Crippen MR) is 55.6 cm³/mol. The molecule has 14 heavy (non-hydrogen) atoms. The van der Waals surface area contributed by atoms with Crippen molar-refractivity contribution in [3.63, 3.8) is 0 Å². The fourth-order valence-corrected chi connectivity index (χ4v) is 1.57. The van der Waals surface area contributed by atoms with Crippen LogP contribution in [0.25, 0.3) is 0 Å². The summed E-state index contributed by atoms with van der Waals surface area (Å²) in [5.74, 6) is 0. The second kappa shape index (κ2) is 4.75. The van der Waals surface area contributed by atoms with Gasteiger partial charge in [0, 0.05) is 0 Å². The van der Waals surface area contributed by atoms with Crippen LogP contribution in [0.5, 0.6) is 0 Å². The molecule has 0 radical (unpaired) electrons. The average Bonchev–Trinajstić information content (AvgIpc) is 2.63. The van der Waals surface area contributed by atoms with Crippen molar-refractivity contribution in [2.75, 3.05) is 13.2 Å². The maximum atomic E-state index is 5.86. The van der Waals surface area contributed by atoms with Gasteiger partial charge in [-0.05, 0) is 5.56 Å². The van der Waals surface area contributed by atoms with Gasteiger partial charge in [0.1, 0.15) is 0 Å². The third-order valence-electron chi connectivity index (χ3n) is 2.11. The van der Waals surface area contributed by atoms with Crippen molar-refractivity contribution in [3.8, 4) is 0 Å². The minimum absolute atomic E-state index is 0.00535. The molecule has 2 rings (SSSR count). The Balaban J connectivity index is 1.78. The Kier molecular flexibility index (Phi) is 3.37. The Bertz CT molecular complexity index is 281. The second-order valence-corrected chi connectivity index (χ2v) is 3.78. The Morgan fingerprint density at radius 3 is 2.86 bits per heavy atom. The number of nitrogens with one attached hydrogen (secondary N) is 1. The largest absolute Gasteiger partial charge is 0.293 e. The summed E-state index contributed by atoms with van der Waals surface area (Å²) in [6.45, 7) is 2.03. The molecule has 0 aromatic heterocycles. The SMILES string of the molecule is ClC1CN(OCc2ccccc2)CN1. The zero-order valence-corrected chi connectivity index (χ0v) is 8.57. The van der Waals surface area contributed by atoms with E-state index in [2.05, 4.69) is 5.32 Å². The Morgan fingerprint density at radius 1 is 1.43 bits per heavy atom. The standard InChI is InChI=1S/C10H13ClN2O/c11-10-6-13(8-12-10)14-7-9-4-2-1-3-5-9/h1-5,10,12H,6-8H2. The quantitative estimate of drug-likeness (QED) is 0.608. The van der Waals surface area contributed by atoms with Gasteiger partial charge < -0.3 is 0 Å². The van der Waals surface area contributed by atoms with Crippen molar-refractivity contribution < 1.29 is 4.84 Å². The number of hydrogen-bond acceptors (Lipinski definition) is 3. The minimum atomic E-state index is 0.00535. The summed E-state index contributed by atoms with van der Waals surface area (Å²) >= 11 is 5.86. The number of benzene rings is 1. The number of hydrogen-bond donors (Lipinski definition) is 1. The van der Waals surface area contributed by atoms with Crippen molar-refractivity contribution in [3.05, 3.63) is 35.9 Å². The van der Waals surface area contributed by atoms with Gasteiger partial charge in [0.05, 0.1) is 25.3 Å². The molecule has 0 bridgehead atoms. The Labute approximate surface area is 88.6 Å². The lowest BCUT2D eigenvalue weighted by atomic mass is 10.2. The van der Waals surface area contributed by atoms with Crippen molar-refractivity contribution >= 4 is 11.6 Å². The molecule has 0 spiro atoms. The summed E-state index contributed by atoms with van der Waals surface area (Å²) in [4.78, 5) is 5.55. The average molecular weight is 213 g/mol. The lowest BCUT2D eigenvalue weighted by Crippen LogP contribution is -2.22. The fraction of sp³-hybridized carbons (Fsp3) is 0.400. The molecule has 1 aliphatic rings. The highest BCUT2D eigenvalue weighted by molar-refractivity contribution is 6.20. The van der Waals surface area contributed by atoms with E-state index in [0.29, 0.717) is 13.3 Å². The zero-order valence-electron chi connectivity index (χ0n) is 7.82. The molecule has 1 heterocycles. The first-order valence-electron chi connectivity index (χ1n) is 4.64. The van der Waals surface area contributed by atoms with Crippen LogP contribution in [0.1, 0.15) is 5.56 Å². The third kappa shape index (κ3) is 2.69. The maximum Gasteiger partial charge on any atom is 0.0988 e. The van der Waals surface area contributed by atoms with E-state index in [4.69, 9.17) is 16.4 Å². The van der Waals surface area contributed by atoms with Crippen LogP contribution in [0.15, 0.2) is 30.3 Å². The summed E-state index contributed by atoms with van der Waals surface area (Å²) in [7, 11) is 0. The van der Waals surface area contributed by atoms with E-state index in [1.807, 2.05) is 35.4 Å². The smallest absolute Gasteiger partial charge is 0.0988 e. The van der Waals surface area contributed by atoms with Gasteiger partial charge in [0.25, 0.3) is 0 Å². The lowest BCUT2D eigenvalue weighted by Gasteiger charge is -2.13. The minimum Gasteiger partial charge on any atom is -0.293 e. The molecule has 0 amide bonds. The molecule has 1 N–H and O–H groups in total. The van der Waals surface area contributed by atoms with Crippen LogP contribution < -0.4 is 5.32 Å². The van der Waals surface area contributed by atoms with Crippen LogP contribution in [0, 0.1) is 0 Å². The van der Waals surface area contributed by atoms with Gasteiger partial charge in [-0.15, -0.1) is 11.6 Å². The van der Waals surface area contributed by atoms with Gasteiger partial charge in [-0.3, -0.25) is 10.2 Å². The van der Waals surface area contributed by atoms with Crippen molar-refractivity contribution in [2.45, 2.75) is 12.1 Å². The number of rotatable bonds is 3. The van der Waals surface area contributed by atoms with Crippen LogP contribution in [0.3, 0.4) is 0 Å². The fourth-order valence-electron chi connectivity index (χ4n) is 1.35. The second-order valence-electron chi connectivity index (χ2n) is 3.25. The summed E-state index contributed by atoms with van der Waals surface area (Å²) in [5.41, 5.74) is 1.18. The molecule has 76 valence electrons. The number of hydroxylamine groups is 2. The molecule has 1 aromatic carbocycles. The number of alkyl halides is 1. The van der Waals surface area contributed by atoms with Crippen molar-refractivity contribution in [1.82, 2.24) is 10.4 Å². The van der Waals surface area contributed by atoms with Gasteiger partial charge in [-0.1, -0.05) is 30.3 Å². The summed E-state index contributed by atoms with van der Waals surface area (Å²) in [6, 6.07) is 10.1. The first-order chi connectivity index (χ1) is 6.84. The molecule has 1 saturated heterocycles. The summed E-state index contributed by atoms with van der Waals surface area (Å²) in [5, 5.41) is 4.91. The monoisotopic (exact) mass is 212 g/mol. The van der Waals surface area contributed by atoms with E-state index in [-0.39, 0.29) is 5.50 Å². The molecule has 0 saturated carbocycles. The first kappa shape index (κ1) is 9.93. The molecule has 3 nitrogen and oxygen atoms in total. The van der Waals surface area contributed by atoms with E-state index in [0.717, 1.165) is 6.54 Å². The van der Waals surface area contributed by atoms with Crippen LogP contribution in [-0.4, -0.2) is 23.8 Å². The van der Waals surface area contributed by atoms with Crippen LogP contribution in [-0.2, 0) is 11.4 Å². The van der Waals surface area contributed by atoms with Gasteiger partial charge in [0.15, 0.2) is 0 Å². The highest BCUT2D eigenvalue weighted by Gasteiger charge is 2.19. The van der Waals surface area contributed by atoms with E-state index < -0.39 is 0 Å². The van der Waals surface area contributed by atoms with Crippen LogP contribution in [0.4, 0.5) is 0 Å². The highest BCUT2D eigenvalue weighted by Crippen LogP contribution is 2.08. The zero-order chi connectivity index (χ0) is 9.80. The topological polar surface area (TPSA) is 24.5 Å². The van der Waals surface area contributed by atoms with Crippen LogP contribution >= 0.6 is 11.6 Å². The molecule has 1 atom stereocenters. The number of nitrogens with zero attached hydrogens (tertiary/aromatic N) is 1. The maximum absolute atomic E-state index is 5.86. The molecule has 1 unspecified atom stereocenters. The first-order valence-corrected chi connectivity index (χ1v) is 5.07. The molecular formula is C10H13ClN2O. The van der Waals surface area contributed by atoms with E-state index in [9.17, 15) is 0 Å². The molecular weight excluding hydrogens is 200 g/mol. The summed E-state index contributed by atoms with van der Waals surface area (Å²) in [6.07, 6.45) is 0. The van der Waals surface area contributed by atoms with Crippen molar-refractivity contribution in [1.29, 1.82) is 0 Å². The normalized spacial score (nSPS) is 22.8. The molecule has 1 aromatic rings. The van der Waals surface area contributed by atoms with E-state index in [1.165, 1.54) is 5.56 Å². The Morgan fingerprint density at radius 2 is 2.21 bits per heavy atom. The molecule has 1 aliphatic heterocycles. The number of halogens is 1. The molecule has 1 fully saturated rings. The lowest BCUT2D eigenvalue weighted by molar-refractivity contribution is -0.154. The third-order valence-corrected chi connectivity index (χ3v) is 2.40. The van der Waals surface area contributed by atoms with E-state index in [1.54, 1.807) is 0 Å². The molecule has 0 aliphatic carbocycles. The van der Waals surface area contributed by atoms with E-state index >= 15 is 0 Å². The van der Waals surface area contributed by atoms with Gasteiger partial charge in [0.2, 0.25) is 0 Å². The van der Waals surface area contributed by atoms with Crippen molar-refractivity contribution in [2.24, 2.45) is 0 Å². The van der Waals surface area contributed by atoms with Gasteiger partial charge >= 0.3 is 0 Å². The van der Waals surface area contributed by atoms with Crippen LogP contribution in [0.2, 0.25) is 0 Å². The van der Waals surface area contributed by atoms with Gasteiger partial charge in [-0.25, -0.2) is 0 Å². The molecule has 4 heteroatoms.